The maximum absolute atomic E-state index is 11.2. The Labute approximate surface area is 89.8 Å². The number of hydrogen-bond acceptors (Lipinski definition) is 3. The van der Waals surface area contributed by atoms with Gasteiger partial charge in [0.25, 0.3) is 0 Å². The van der Waals surface area contributed by atoms with E-state index in [1.165, 1.54) is 0 Å². The highest BCUT2D eigenvalue weighted by molar-refractivity contribution is 5.77. The summed E-state index contributed by atoms with van der Waals surface area (Å²) < 4.78 is 5.20. The zero-order chi connectivity index (χ0) is 11.8. The highest BCUT2D eigenvalue weighted by atomic mass is 16.5. The highest BCUT2D eigenvalue weighted by Gasteiger charge is 2.10. The molecule has 1 unspecified atom stereocenters. The quantitative estimate of drug-likeness (QED) is 0.660. The molecule has 0 radical (unpaired) electrons. The molecule has 0 aromatic carbocycles. The smallest absolute Gasteiger partial charge is 0.305 e. The molecule has 0 fully saturated rings. The van der Waals surface area contributed by atoms with Crippen LogP contribution in [-0.4, -0.2) is 35.7 Å². The number of rotatable bonds is 7. The molecule has 2 N–H and O–H groups in total. The molecule has 0 aliphatic carbocycles. The Bertz CT molecular complexity index is 215. The van der Waals surface area contributed by atoms with Gasteiger partial charge >= 0.3 is 5.97 Å². The van der Waals surface area contributed by atoms with Crippen LogP contribution in [0, 0.1) is 0 Å². The Kier molecular flexibility index (Phi) is 6.70. The van der Waals surface area contributed by atoms with Gasteiger partial charge in [-0.2, -0.15) is 0 Å². The van der Waals surface area contributed by atoms with Gasteiger partial charge in [0.2, 0.25) is 5.91 Å². The van der Waals surface area contributed by atoms with Crippen molar-refractivity contribution in [2.24, 2.45) is 0 Å². The van der Waals surface area contributed by atoms with E-state index in [1.807, 2.05) is 13.8 Å². The Balaban J connectivity index is 3.60. The van der Waals surface area contributed by atoms with E-state index in [2.05, 4.69) is 5.32 Å². The molecule has 5 nitrogen and oxygen atoms in total. The van der Waals surface area contributed by atoms with Crippen molar-refractivity contribution in [2.45, 2.75) is 45.8 Å². The second-order valence-corrected chi connectivity index (χ2v) is 3.74. The first-order valence-corrected chi connectivity index (χ1v) is 5.04. The third kappa shape index (κ3) is 9.21. The summed E-state index contributed by atoms with van der Waals surface area (Å²) in [6.45, 7) is 5.81. The summed E-state index contributed by atoms with van der Waals surface area (Å²) in [4.78, 5) is 21.6. The van der Waals surface area contributed by atoms with E-state index >= 15 is 0 Å². The molecule has 1 amide bonds. The lowest BCUT2D eigenvalue weighted by atomic mass is 10.2. The van der Waals surface area contributed by atoms with Crippen LogP contribution in [-0.2, 0) is 14.3 Å². The second-order valence-electron chi connectivity index (χ2n) is 3.74. The summed E-state index contributed by atoms with van der Waals surface area (Å²) in [5, 5.41) is 11.1. The maximum Gasteiger partial charge on any atom is 0.305 e. The van der Waals surface area contributed by atoms with Gasteiger partial charge in [-0.05, 0) is 20.8 Å². The highest BCUT2D eigenvalue weighted by Crippen LogP contribution is 1.94. The fourth-order valence-electron chi connectivity index (χ4n) is 1.05. The molecule has 0 aromatic heterocycles. The number of nitrogens with one attached hydrogen (secondary N) is 1. The summed E-state index contributed by atoms with van der Waals surface area (Å²) >= 11 is 0. The number of carbonyl (C=O) groups is 2. The monoisotopic (exact) mass is 217 g/mol. The van der Waals surface area contributed by atoms with Crippen LogP contribution in [0.25, 0.3) is 0 Å². The maximum atomic E-state index is 11.2. The average Bonchev–Trinajstić information content (AvgIpc) is 2.00. The van der Waals surface area contributed by atoms with Gasteiger partial charge in [-0.25, -0.2) is 0 Å². The van der Waals surface area contributed by atoms with Gasteiger partial charge < -0.3 is 15.2 Å². The first-order chi connectivity index (χ1) is 6.91. The zero-order valence-electron chi connectivity index (χ0n) is 9.45. The molecule has 0 saturated heterocycles. The number of hydrogen-bond donors (Lipinski definition) is 2. The molecule has 0 rings (SSSR count). The summed E-state index contributed by atoms with van der Waals surface area (Å²) in [6, 6.07) is -0.339. The number of amides is 1. The molecule has 88 valence electrons. The van der Waals surface area contributed by atoms with Crippen LogP contribution in [0.5, 0.6) is 0 Å². The summed E-state index contributed by atoms with van der Waals surface area (Å²) in [5.41, 5.74) is 0. The van der Waals surface area contributed by atoms with Crippen LogP contribution in [0.1, 0.15) is 33.6 Å². The van der Waals surface area contributed by atoms with Crippen LogP contribution < -0.4 is 5.32 Å². The molecule has 0 saturated carbocycles. The fraction of sp³-hybridized carbons (Fsp3) is 0.800. The molecule has 5 heteroatoms. The Morgan fingerprint density at radius 3 is 2.40 bits per heavy atom. The number of aliphatic carboxylic acids is 1. The Hall–Kier alpha value is -1.10. The molecular weight excluding hydrogens is 198 g/mol. The van der Waals surface area contributed by atoms with Gasteiger partial charge in [0.05, 0.1) is 19.1 Å². The van der Waals surface area contributed by atoms with Gasteiger partial charge in [0, 0.05) is 12.5 Å². The third-order valence-electron chi connectivity index (χ3n) is 1.67. The molecule has 0 bridgehead atoms. The van der Waals surface area contributed by atoms with E-state index in [4.69, 9.17) is 9.84 Å². The van der Waals surface area contributed by atoms with Crippen molar-refractivity contribution in [3.8, 4) is 0 Å². The molecule has 0 aliphatic rings. The lowest BCUT2D eigenvalue weighted by Gasteiger charge is -2.12. The first kappa shape index (κ1) is 13.9. The molecule has 1 atom stereocenters. The van der Waals surface area contributed by atoms with Crippen LogP contribution in [0.15, 0.2) is 0 Å². The average molecular weight is 217 g/mol. The molecule has 0 aliphatic heterocycles. The SMILES string of the molecule is CC(CC(=O)O)NC(=O)CCOC(C)C. The van der Waals surface area contributed by atoms with Crippen molar-refractivity contribution < 1.29 is 19.4 Å². The normalized spacial score (nSPS) is 12.5. The van der Waals surface area contributed by atoms with Crippen LogP contribution in [0.3, 0.4) is 0 Å². The molecule has 0 aromatic rings. The van der Waals surface area contributed by atoms with Crippen molar-refractivity contribution in [1.29, 1.82) is 0 Å². The number of carbonyl (C=O) groups excluding carboxylic acids is 1. The first-order valence-electron chi connectivity index (χ1n) is 5.04. The number of carboxylic acid groups (broad SMARTS) is 1. The largest absolute Gasteiger partial charge is 0.481 e. The van der Waals surface area contributed by atoms with E-state index in [1.54, 1.807) is 6.92 Å². The molecule has 15 heavy (non-hydrogen) atoms. The molecule has 0 spiro atoms. The summed E-state index contributed by atoms with van der Waals surface area (Å²) in [6.07, 6.45) is 0.313. The van der Waals surface area contributed by atoms with Gasteiger partial charge in [-0.1, -0.05) is 0 Å². The zero-order valence-corrected chi connectivity index (χ0v) is 9.45. The van der Waals surface area contributed by atoms with E-state index < -0.39 is 5.97 Å². The van der Waals surface area contributed by atoms with Gasteiger partial charge in [-0.3, -0.25) is 9.59 Å². The predicted octanol–water partition coefficient (Wildman–Crippen LogP) is 0.781. The molecular formula is C10H19NO4. The predicted molar refractivity (Wildman–Crippen MR) is 55.6 cm³/mol. The topological polar surface area (TPSA) is 75.6 Å². The van der Waals surface area contributed by atoms with Crippen molar-refractivity contribution >= 4 is 11.9 Å². The van der Waals surface area contributed by atoms with Gasteiger partial charge in [0.15, 0.2) is 0 Å². The van der Waals surface area contributed by atoms with Crippen molar-refractivity contribution in [3.63, 3.8) is 0 Å². The van der Waals surface area contributed by atoms with Crippen LogP contribution in [0.2, 0.25) is 0 Å². The lowest BCUT2D eigenvalue weighted by Crippen LogP contribution is -2.34. The van der Waals surface area contributed by atoms with Crippen molar-refractivity contribution in [2.75, 3.05) is 6.61 Å². The van der Waals surface area contributed by atoms with E-state index in [-0.39, 0.29) is 30.9 Å². The van der Waals surface area contributed by atoms with Gasteiger partial charge in [-0.15, -0.1) is 0 Å². The minimum Gasteiger partial charge on any atom is -0.481 e. The van der Waals surface area contributed by atoms with E-state index in [0.29, 0.717) is 6.61 Å². The number of ether oxygens (including phenoxy) is 1. The van der Waals surface area contributed by atoms with E-state index in [9.17, 15) is 9.59 Å². The van der Waals surface area contributed by atoms with Crippen molar-refractivity contribution in [1.82, 2.24) is 5.32 Å². The number of carboxylic acids is 1. The van der Waals surface area contributed by atoms with Crippen LogP contribution in [0.4, 0.5) is 0 Å². The van der Waals surface area contributed by atoms with Crippen molar-refractivity contribution in [3.05, 3.63) is 0 Å². The lowest BCUT2D eigenvalue weighted by molar-refractivity contribution is -0.137. The van der Waals surface area contributed by atoms with E-state index in [0.717, 1.165) is 0 Å². The summed E-state index contributed by atoms with van der Waals surface area (Å²) in [5.74, 6) is -1.09. The Morgan fingerprint density at radius 2 is 1.93 bits per heavy atom. The minimum absolute atomic E-state index is 0.0588. The standard InChI is InChI=1S/C10H19NO4/c1-7(2)15-5-4-9(12)11-8(3)6-10(13)14/h7-8H,4-6H2,1-3H3,(H,11,12)(H,13,14). The fourth-order valence-corrected chi connectivity index (χ4v) is 1.05. The third-order valence-corrected chi connectivity index (χ3v) is 1.67. The minimum atomic E-state index is -0.916. The van der Waals surface area contributed by atoms with Gasteiger partial charge in [0.1, 0.15) is 0 Å². The Morgan fingerprint density at radius 1 is 1.33 bits per heavy atom. The van der Waals surface area contributed by atoms with Crippen LogP contribution >= 0.6 is 0 Å². The second kappa shape index (κ2) is 7.23. The summed E-state index contributed by atoms with van der Waals surface area (Å²) in [7, 11) is 0. The molecule has 0 heterocycles.